The molecular weight excluding hydrogens is 228 g/mol. The van der Waals surface area contributed by atoms with Crippen molar-refractivity contribution in [2.45, 2.75) is 13.3 Å². The molecule has 0 saturated heterocycles. The summed E-state index contributed by atoms with van der Waals surface area (Å²) in [7, 11) is 0. The van der Waals surface area contributed by atoms with Crippen molar-refractivity contribution in [1.82, 2.24) is 0 Å². The summed E-state index contributed by atoms with van der Waals surface area (Å²) in [6.45, 7) is 1.76. The smallest absolute Gasteiger partial charge is 0.310 e. The molecule has 0 aliphatic carbocycles. The summed E-state index contributed by atoms with van der Waals surface area (Å²) in [5.41, 5.74) is 1.73. The molecule has 0 unspecified atom stereocenters. The molecule has 2 rings (SSSR count). The summed E-state index contributed by atoms with van der Waals surface area (Å²) in [5, 5.41) is 9.27. The molecule has 18 heavy (non-hydrogen) atoms. The van der Waals surface area contributed by atoms with Crippen molar-refractivity contribution in [2.75, 3.05) is 0 Å². The van der Waals surface area contributed by atoms with E-state index in [9.17, 15) is 9.90 Å². The Balaban J connectivity index is 2.38. The summed E-state index contributed by atoms with van der Waals surface area (Å²) in [4.78, 5) is 11.4. The lowest BCUT2D eigenvalue weighted by molar-refractivity contribution is -0.133. The summed E-state index contributed by atoms with van der Waals surface area (Å²) in [5.74, 6) is 0.484. The third kappa shape index (κ3) is 2.69. The summed E-state index contributed by atoms with van der Waals surface area (Å²) in [6.07, 6.45) is 0.337. The SMILES string of the molecule is CCC(=O)Oc1ccccc1-c1ccc(O)cc1. The number of phenols is 1. The van der Waals surface area contributed by atoms with Gasteiger partial charge >= 0.3 is 5.97 Å². The van der Waals surface area contributed by atoms with E-state index in [0.29, 0.717) is 12.2 Å². The average Bonchev–Trinajstić information content (AvgIpc) is 2.40. The Labute approximate surface area is 106 Å². The largest absolute Gasteiger partial charge is 0.508 e. The van der Waals surface area contributed by atoms with Crippen LogP contribution < -0.4 is 4.74 Å². The van der Waals surface area contributed by atoms with Gasteiger partial charge < -0.3 is 9.84 Å². The van der Waals surface area contributed by atoms with Crippen LogP contribution in [0, 0.1) is 0 Å². The van der Waals surface area contributed by atoms with Crippen LogP contribution in [-0.2, 0) is 4.79 Å². The lowest BCUT2D eigenvalue weighted by atomic mass is 10.0. The van der Waals surface area contributed by atoms with E-state index in [0.717, 1.165) is 11.1 Å². The third-order valence-electron chi connectivity index (χ3n) is 2.58. The van der Waals surface area contributed by atoms with Crippen molar-refractivity contribution in [2.24, 2.45) is 0 Å². The highest BCUT2D eigenvalue weighted by Gasteiger charge is 2.08. The molecule has 0 spiro atoms. The molecule has 0 atom stereocenters. The average molecular weight is 242 g/mol. The van der Waals surface area contributed by atoms with Crippen LogP contribution in [0.5, 0.6) is 11.5 Å². The van der Waals surface area contributed by atoms with Gasteiger partial charge in [0.25, 0.3) is 0 Å². The highest BCUT2D eigenvalue weighted by molar-refractivity contribution is 5.77. The van der Waals surface area contributed by atoms with E-state index in [1.54, 1.807) is 37.3 Å². The van der Waals surface area contributed by atoms with Gasteiger partial charge in [-0.1, -0.05) is 37.3 Å². The predicted octanol–water partition coefficient (Wildman–Crippen LogP) is 3.37. The minimum Gasteiger partial charge on any atom is -0.508 e. The summed E-state index contributed by atoms with van der Waals surface area (Å²) in [6, 6.07) is 14.1. The van der Waals surface area contributed by atoms with E-state index in [-0.39, 0.29) is 11.7 Å². The standard InChI is InChI=1S/C15H14O3/c1-2-15(17)18-14-6-4-3-5-13(14)11-7-9-12(16)10-8-11/h3-10,16H,2H2,1H3. The number of hydrogen-bond donors (Lipinski definition) is 1. The maximum atomic E-state index is 11.4. The predicted molar refractivity (Wildman–Crippen MR) is 69.5 cm³/mol. The van der Waals surface area contributed by atoms with Gasteiger partial charge in [0.15, 0.2) is 0 Å². The lowest BCUT2D eigenvalue weighted by Crippen LogP contribution is -2.06. The second-order valence-electron chi connectivity index (χ2n) is 3.87. The first kappa shape index (κ1) is 12.2. The molecule has 0 aliphatic heterocycles. The van der Waals surface area contributed by atoms with Gasteiger partial charge in [-0.05, 0) is 23.8 Å². The number of phenolic OH excluding ortho intramolecular Hbond substituents is 1. The molecule has 0 radical (unpaired) electrons. The number of ether oxygens (including phenoxy) is 1. The minimum atomic E-state index is -0.263. The minimum absolute atomic E-state index is 0.210. The Morgan fingerprint density at radius 3 is 2.44 bits per heavy atom. The van der Waals surface area contributed by atoms with Gasteiger partial charge in [0, 0.05) is 12.0 Å². The topological polar surface area (TPSA) is 46.5 Å². The van der Waals surface area contributed by atoms with Gasteiger partial charge in [0.1, 0.15) is 11.5 Å². The molecule has 0 fully saturated rings. The highest BCUT2D eigenvalue weighted by Crippen LogP contribution is 2.30. The van der Waals surface area contributed by atoms with Crippen molar-refractivity contribution in [3.63, 3.8) is 0 Å². The number of hydrogen-bond acceptors (Lipinski definition) is 3. The second-order valence-corrected chi connectivity index (χ2v) is 3.87. The van der Waals surface area contributed by atoms with Gasteiger partial charge in [0.05, 0.1) is 0 Å². The van der Waals surface area contributed by atoms with E-state index < -0.39 is 0 Å². The molecule has 3 heteroatoms. The second kappa shape index (κ2) is 5.36. The Morgan fingerprint density at radius 1 is 1.11 bits per heavy atom. The first-order valence-electron chi connectivity index (χ1n) is 5.80. The molecule has 1 N–H and O–H groups in total. The number of aromatic hydroxyl groups is 1. The molecule has 0 aromatic heterocycles. The maximum absolute atomic E-state index is 11.4. The number of para-hydroxylation sites is 1. The van der Waals surface area contributed by atoms with Crippen LogP contribution >= 0.6 is 0 Å². The van der Waals surface area contributed by atoms with Crippen molar-refractivity contribution in [3.8, 4) is 22.6 Å². The first-order chi connectivity index (χ1) is 8.70. The third-order valence-corrected chi connectivity index (χ3v) is 2.58. The molecule has 0 bridgehead atoms. The zero-order chi connectivity index (χ0) is 13.0. The van der Waals surface area contributed by atoms with E-state index in [2.05, 4.69) is 0 Å². The molecule has 0 amide bonds. The number of benzene rings is 2. The molecule has 3 nitrogen and oxygen atoms in total. The Morgan fingerprint density at radius 2 is 1.78 bits per heavy atom. The zero-order valence-electron chi connectivity index (χ0n) is 10.1. The molecule has 0 saturated carbocycles. The number of rotatable bonds is 3. The van der Waals surface area contributed by atoms with Gasteiger partial charge in [-0.25, -0.2) is 0 Å². The Kier molecular flexibility index (Phi) is 3.63. The van der Waals surface area contributed by atoms with Crippen molar-refractivity contribution in [3.05, 3.63) is 48.5 Å². The van der Waals surface area contributed by atoms with Gasteiger partial charge in [-0.15, -0.1) is 0 Å². The molecule has 0 heterocycles. The van der Waals surface area contributed by atoms with Gasteiger partial charge in [0.2, 0.25) is 0 Å². The molecule has 92 valence electrons. The van der Waals surface area contributed by atoms with Crippen LogP contribution in [0.4, 0.5) is 0 Å². The van der Waals surface area contributed by atoms with Crippen LogP contribution in [-0.4, -0.2) is 11.1 Å². The summed E-state index contributed by atoms with van der Waals surface area (Å²) >= 11 is 0. The Bertz CT molecular complexity index is 544. The monoisotopic (exact) mass is 242 g/mol. The number of carbonyl (C=O) groups is 1. The fraction of sp³-hybridized carbons (Fsp3) is 0.133. The van der Waals surface area contributed by atoms with Crippen LogP contribution in [0.2, 0.25) is 0 Å². The van der Waals surface area contributed by atoms with Gasteiger partial charge in [-0.2, -0.15) is 0 Å². The normalized spacial score (nSPS) is 10.1. The van der Waals surface area contributed by atoms with E-state index in [1.165, 1.54) is 0 Å². The fourth-order valence-corrected chi connectivity index (χ4v) is 1.63. The van der Waals surface area contributed by atoms with Crippen LogP contribution in [0.3, 0.4) is 0 Å². The number of esters is 1. The molecule has 0 aliphatic rings. The lowest BCUT2D eigenvalue weighted by Gasteiger charge is -2.09. The quantitative estimate of drug-likeness (QED) is 0.663. The van der Waals surface area contributed by atoms with Crippen molar-refractivity contribution in [1.29, 1.82) is 0 Å². The van der Waals surface area contributed by atoms with E-state index >= 15 is 0 Å². The van der Waals surface area contributed by atoms with Crippen molar-refractivity contribution < 1.29 is 14.6 Å². The summed E-state index contributed by atoms with van der Waals surface area (Å²) < 4.78 is 5.28. The van der Waals surface area contributed by atoms with E-state index in [4.69, 9.17) is 4.74 Å². The van der Waals surface area contributed by atoms with Crippen LogP contribution in [0.25, 0.3) is 11.1 Å². The zero-order valence-corrected chi connectivity index (χ0v) is 10.1. The van der Waals surface area contributed by atoms with Crippen LogP contribution in [0.15, 0.2) is 48.5 Å². The van der Waals surface area contributed by atoms with Gasteiger partial charge in [-0.3, -0.25) is 4.79 Å². The maximum Gasteiger partial charge on any atom is 0.310 e. The first-order valence-corrected chi connectivity index (χ1v) is 5.80. The van der Waals surface area contributed by atoms with Crippen LogP contribution in [0.1, 0.15) is 13.3 Å². The Hall–Kier alpha value is -2.29. The number of carbonyl (C=O) groups excluding carboxylic acids is 1. The highest BCUT2D eigenvalue weighted by atomic mass is 16.5. The molecular formula is C15H14O3. The fourth-order valence-electron chi connectivity index (χ4n) is 1.63. The molecule has 2 aromatic carbocycles. The van der Waals surface area contributed by atoms with E-state index in [1.807, 2.05) is 18.2 Å². The van der Waals surface area contributed by atoms with Crippen molar-refractivity contribution >= 4 is 5.97 Å². The molecule has 2 aromatic rings.